The molecule has 1 unspecified atom stereocenters. The van der Waals surface area contributed by atoms with E-state index >= 15 is 0 Å². The first-order valence-electron chi connectivity index (χ1n) is 7.80. The van der Waals surface area contributed by atoms with E-state index in [1.54, 1.807) is 4.90 Å². The highest BCUT2D eigenvalue weighted by Gasteiger charge is 2.41. The van der Waals surface area contributed by atoms with E-state index in [1.807, 2.05) is 0 Å². The monoisotopic (exact) mass is 334 g/mol. The van der Waals surface area contributed by atoms with Gasteiger partial charge < -0.3 is 14.4 Å². The SMILES string of the molecule is COC[C@@H](CS(=O)(=O)N1CCC(=O)N2CCCCCC21)OC. The first-order chi connectivity index (χ1) is 10.5. The molecule has 2 rings (SSSR count). The fourth-order valence-electron chi connectivity index (χ4n) is 3.20. The van der Waals surface area contributed by atoms with Crippen LogP contribution in [0.1, 0.15) is 32.1 Å². The van der Waals surface area contributed by atoms with Crippen molar-refractivity contribution in [2.45, 2.75) is 44.4 Å². The summed E-state index contributed by atoms with van der Waals surface area (Å²) in [5.74, 6) is -0.0471. The molecule has 0 radical (unpaired) electrons. The van der Waals surface area contributed by atoms with Gasteiger partial charge >= 0.3 is 0 Å². The second kappa shape index (κ2) is 7.72. The van der Waals surface area contributed by atoms with Crippen molar-refractivity contribution >= 4 is 15.9 Å². The number of hydrogen-bond acceptors (Lipinski definition) is 5. The molecule has 0 aromatic carbocycles. The maximum absolute atomic E-state index is 12.8. The standard InChI is InChI=1S/C14H26N2O5S/c1-20-10-12(21-2)11-22(18,19)16-9-7-14(17)15-8-5-3-4-6-13(15)16/h12-13H,3-11H2,1-2H3/t12-,13?/m0/s1. The summed E-state index contributed by atoms with van der Waals surface area (Å²) in [7, 11) is -0.490. The van der Waals surface area contributed by atoms with Crippen molar-refractivity contribution in [1.29, 1.82) is 0 Å². The minimum absolute atomic E-state index is 0.0681. The van der Waals surface area contributed by atoms with E-state index in [0.29, 0.717) is 13.0 Å². The van der Waals surface area contributed by atoms with E-state index in [9.17, 15) is 13.2 Å². The summed E-state index contributed by atoms with van der Waals surface area (Å²) >= 11 is 0. The smallest absolute Gasteiger partial charge is 0.225 e. The van der Waals surface area contributed by atoms with Crippen LogP contribution in [0.5, 0.6) is 0 Å². The average Bonchev–Trinajstić information content (AvgIpc) is 2.73. The van der Waals surface area contributed by atoms with Crippen LogP contribution in [0.3, 0.4) is 0 Å². The normalized spacial score (nSPS) is 25.6. The van der Waals surface area contributed by atoms with Gasteiger partial charge in [0.25, 0.3) is 0 Å². The van der Waals surface area contributed by atoms with Gasteiger partial charge in [-0.2, -0.15) is 4.31 Å². The molecule has 7 nitrogen and oxygen atoms in total. The molecule has 8 heteroatoms. The Balaban J connectivity index is 2.15. The lowest BCUT2D eigenvalue weighted by molar-refractivity contribution is -0.140. The van der Waals surface area contributed by atoms with Gasteiger partial charge in [0.15, 0.2) is 0 Å². The van der Waals surface area contributed by atoms with Crippen LogP contribution in [0.2, 0.25) is 0 Å². The van der Waals surface area contributed by atoms with Gasteiger partial charge in [0, 0.05) is 33.7 Å². The highest BCUT2D eigenvalue weighted by molar-refractivity contribution is 7.89. The van der Waals surface area contributed by atoms with Crippen LogP contribution in [0.4, 0.5) is 0 Å². The molecule has 0 aromatic heterocycles. The van der Waals surface area contributed by atoms with Crippen LogP contribution in [0.25, 0.3) is 0 Å². The summed E-state index contributed by atoms with van der Waals surface area (Å²) in [5, 5.41) is 0. The molecule has 2 atom stereocenters. The largest absolute Gasteiger partial charge is 0.382 e. The first kappa shape index (κ1) is 17.7. The zero-order valence-electron chi connectivity index (χ0n) is 13.4. The number of hydrogen-bond donors (Lipinski definition) is 0. The van der Waals surface area contributed by atoms with Gasteiger partial charge in [0.05, 0.1) is 24.6 Å². The van der Waals surface area contributed by atoms with Crippen LogP contribution in [-0.2, 0) is 24.3 Å². The Hall–Kier alpha value is -0.700. The van der Waals surface area contributed by atoms with Crippen LogP contribution >= 0.6 is 0 Å². The number of carbonyl (C=O) groups excluding carboxylic acids is 1. The number of carbonyl (C=O) groups is 1. The molecule has 2 heterocycles. The minimum Gasteiger partial charge on any atom is -0.382 e. The number of sulfonamides is 1. The topological polar surface area (TPSA) is 76.2 Å². The van der Waals surface area contributed by atoms with Crippen molar-refractivity contribution in [2.75, 3.05) is 39.7 Å². The lowest BCUT2D eigenvalue weighted by Gasteiger charge is -2.42. The molecule has 0 saturated carbocycles. The highest BCUT2D eigenvalue weighted by atomic mass is 32.2. The second-order valence-electron chi connectivity index (χ2n) is 5.87. The van der Waals surface area contributed by atoms with E-state index in [0.717, 1.165) is 19.3 Å². The molecule has 2 aliphatic heterocycles. The fraction of sp³-hybridized carbons (Fsp3) is 0.929. The fourth-order valence-corrected chi connectivity index (χ4v) is 5.06. The Bertz CT molecular complexity index is 482. The molecule has 0 aliphatic carbocycles. The van der Waals surface area contributed by atoms with Crippen LogP contribution in [0.15, 0.2) is 0 Å². The lowest BCUT2D eigenvalue weighted by Crippen LogP contribution is -2.58. The van der Waals surface area contributed by atoms with E-state index < -0.39 is 16.1 Å². The van der Waals surface area contributed by atoms with Gasteiger partial charge in [0.2, 0.25) is 15.9 Å². The number of fused-ring (bicyclic) bond motifs is 1. The molecule has 128 valence electrons. The third-order valence-corrected chi connectivity index (χ3v) is 6.29. The van der Waals surface area contributed by atoms with Crippen molar-refractivity contribution in [3.8, 4) is 0 Å². The molecule has 0 bridgehead atoms. The maximum atomic E-state index is 12.8. The van der Waals surface area contributed by atoms with Gasteiger partial charge in [-0.15, -0.1) is 0 Å². The molecule has 0 aromatic rings. The van der Waals surface area contributed by atoms with Crippen molar-refractivity contribution in [3.05, 3.63) is 0 Å². The van der Waals surface area contributed by atoms with Gasteiger partial charge in [-0.25, -0.2) is 8.42 Å². The third-order valence-electron chi connectivity index (χ3n) is 4.36. The van der Waals surface area contributed by atoms with Crippen molar-refractivity contribution < 1.29 is 22.7 Å². The second-order valence-corrected chi connectivity index (χ2v) is 7.84. The summed E-state index contributed by atoms with van der Waals surface area (Å²) < 4.78 is 37.2. The molecule has 1 amide bonds. The maximum Gasteiger partial charge on any atom is 0.225 e. The Morgan fingerprint density at radius 3 is 2.68 bits per heavy atom. The summed E-state index contributed by atoms with van der Waals surface area (Å²) in [6.45, 7) is 1.16. The Kier molecular flexibility index (Phi) is 6.19. The number of amides is 1. The van der Waals surface area contributed by atoms with E-state index in [4.69, 9.17) is 9.47 Å². The zero-order chi connectivity index (χ0) is 16.2. The molecular weight excluding hydrogens is 308 g/mol. The van der Waals surface area contributed by atoms with E-state index in [1.165, 1.54) is 18.5 Å². The predicted octanol–water partition coefficient (Wildman–Crippen LogP) is 0.412. The number of ether oxygens (including phenoxy) is 2. The molecule has 22 heavy (non-hydrogen) atoms. The molecule has 0 spiro atoms. The number of nitrogens with zero attached hydrogens (tertiary/aromatic N) is 2. The van der Waals surface area contributed by atoms with Crippen LogP contribution in [-0.4, -0.2) is 75.5 Å². The van der Waals surface area contributed by atoms with E-state index in [2.05, 4.69) is 0 Å². The van der Waals surface area contributed by atoms with Crippen molar-refractivity contribution in [3.63, 3.8) is 0 Å². The molecule has 0 N–H and O–H groups in total. The Labute approximate surface area is 132 Å². The zero-order valence-corrected chi connectivity index (χ0v) is 14.2. The number of rotatable bonds is 6. The average molecular weight is 334 g/mol. The van der Waals surface area contributed by atoms with Crippen molar-refractivity contribution in [2.24, 2.45) is 0 Å². The predicted molar refractivity (Wildman–Crippen MR) is 81.8 cm³/mol. The van der Waals surface area contributed by atoms with Gasteiger partial charge in [0.1, 0.15) is 0 Å². The Morgan fingerprint density at radius 2 is 2.00 bits per heavy atom. The highest BCUT2D eigenvalue weighted by Crippen LogP contribution is 2.27. The van der Waals surface area contributed by atoms with Gasteiger partial charge in [-0.1, -0.05) is 6.42 Å². The molecule has 2 fully saturated rings. The van der Waals surface area contributed by atoms with Crippen LogP contribution in [0, 0.1) is 0 Å². The number of methoxy groups -OCH3 is 2. The molecule has 2 saturated heterocycles. The van der Waals surface area contributed by atoms with Gasteiger partial charge in [-0.05, 0) is 19.3 Å². The third kappa shape index (κ3) is 3.98. The van der Waals surface area contributed by atoms with Gasteiger partial charge in [-0.3, -0.25) is 4.79 Å². The quantitative estimate of drug-likeness (QED) is 0.703. The molecule has 2 aliphatic rings. The minimum atomic E-state index is -3.49. The molecular formula is C14H26N2O5S. The summed E-state index contributed by atoms with van der Waals surface area (Å²) in [5.41, 5.74) is 0. The summed E-state index contributed by atoms with van der Waals surface area (Å²) in [6.07, 6.45) is 3.09. The summed E-state index contributed by atoms with van der Waals surface area (Å²) in [6, 6.07) is 0. The first-order valence-corrected chi connectivity index (χ1v) is 9.41. The van der Waals surface area contributed by atoms with Crippen molar-refractivity contribution in [1.82, 2.24) is 9.21 Å². The van der Waals surface area contributed by atoms with Crippen LogP contribution < -0.4 is 0 Å². The lowest BCUT2D eigenvalue weighted by atomic mass is 10.2. The van der Waals surface area contributed by atoms with E-state index in [-0.39, 0.29) is 37.4 Å². The summed E-state index contributed by atoms with van der Waals surface area (Å²) in [4.78, 5) is 13.8. The Morgan fingerprint density at radius 1 is 1.23 bits per heavy atom.